The van der Waals surface area contributed by atoms with E-state index in [0.29, 0.717) is 36.1 Å². The number of halogens is 3. The van der Waals surface area contributed by atoms with Crippen LogP contribution in [0.4, 0.5) is 18.9 Å². The van der Waals surface area contributed by atoms with Crippen molar-refractivity contribution in [1.29, 1.82) is 5.26 Å². The number of nitrogens with two attached hydrogens (primary N) is 1. The number of alkyl halides is 3. The number of nitrogen functional groups attached to an aromatic ring is 1. The quantitative estimate of drug-likeness (QED) is 0.646. The maximum atomic E-state index is 13.8. The summed E-state index contributed by atoms with van der Waals surface area (Å²) in [4.78, 5) is 17.4. The lowest BCUT2D eigenvalue weighted by Gasteiger charge is -2.13. The van der Waals surface area contributed by atoms with Crippen LogP contribution in [0.3, 0.4) is 0 Å². The van der Waals surface area contributed by atoms with Gasteiger partial charge in [0.05, 0.1) is 27.8 Å². The predicted octanol–water partition coefficient (Wildman–Crippen LogP) is 4.68. The number of carbonyl (C=O) groups is 1. The topological polar surface area (TPSA) is 79.8 Å². The highest BCUT2D eigenvalue weighted by Crippen LogP contribution is 2.46. The van der Waals surface area contributed by atoms with E-state index in [4.69, 9.17) is 11.0 Å². The van der Waals surface area contributed by atoms with Crippen LogP contribution in [0, 0.1) is 11.3 Å². The molecule has 2 aromatic heterocycles. The number of rotatable bonds is 3. The van der Waals surface area contributed by atoms with Crippen molar-refractivity contribution in [2.24, 2.45) is 0 Å². The van der Waals surface area contributed by atoms with Crippen molar-refractivity contribution in [1.82, 2.24) is 4.98 Å². The Morgan fingerprint density at radius 1 is 1.32 bits per heavy atom. The first-order chi connectivity index (χ1) is 13.3. The Hall–Kier alpha value is -2.92. The van der Waals surface area contributed by atoms with Gasteiger partial charge in [0.1, 0.15) is 4.83 Å². The molecule has 1 aliphatic rings. The number of nitrogens with zero attached hydrogens (tertiary/aromatic N) is 2. The number of aryl methyl sites for hydroxylation is 1. The van der Waals surface area contributed by atoms with Crippen LogP contribution >= 0.6 is 11.3 Å². The van der Waals surface area contributed by atoms with E-state index >= 15 is 0 Å². The van der Waals surface area contributed by atoms with E-state index in [1.807, 2.05) is 6.07 Å². The second kappa shape index (κ2) is 6.60. The largest absolute Gasteiger partial charge is 0.417 e. The summed E-state index contributed by atoms with van der Waals surface area (Å²) in [6.45, 7) is 0. The van der Waals surface area contributed by atoms with Gasteiger partial charge in [0.15, 0.2) is 5.78 Å². The second-order valence-corrected chi connectivity index (χ2v) is 7.70. The summed E-state index contributed by atoms with van der Waals surface area (Å²) >= 11 is 0.907. The van der Waals surface area contributed by atoms with Gasteiger partial charge in [-0.05, 0) is 42.5 Å². The summed E-state index contributed by atoms with van der Waals surface area (Å²) in [6, 6.07) is 8.53. The fourth-order valence-electron chi connectivity index (χ4n) is 3.68. The molecule has 0 fully saturated rings. The van der Waals surface area contributed by atoms with Crippen molar-refractivity contribution < 1.29 is 18.0 Å². The minimum Gasteiger partial charge on any atom is -0.397 e. The molecule has 0 saturated heterocycles. The van der Waals surface area contributed by atoms with Crippen molar-refractivity contribution in [3.63, 3.8) is 0 Å². The number of anilines is 1. The number of nitriles is 1. The zero-order valence-electron chi connectivity index (χ0n) is 14.6. The van der Waals surface area contributed by atoms with Crippen LogP contribution in [-0.4, -0.2) is 10.8 Å². The lowest BCUT2D eigenvalue weighted by atomic mass is 10.0. The van der Waals surface area contributed by atoms with Crippen molar-refractivity contribution in [2.75, 3.05) is 5.73 Å². The molecule has 0 amide bonds. The Labute approximate surface area is 162 Å². The average Bonchev–Trinajstić information content (AvgIpc) is 3.23. The van der Waals surface area contributed by atoms with Gasteiger partial charge in [-0.2, -0.15) is 18.4 Å². The number of fused-ring (bicyclic) bond motifs is 2. The third kappa shape index (κ3) is 3.02. The lowest BCUT2D eigenvalue weighted by molar-refractivity contribution is -0.136. The molecule has 4 rings (SSSR count). The van der Waals surface area contributed by atoms with E-state index < -0.39 is 11.7 Å². The number of ketones is 1. The van der Waals surface area contributed by atoms with Crippen molar-refractivity contribution in [3.05, 3.63) is 57.1 Å². The number of Topliss-reactive ketones (excluding diaryl/α,β-unsaturated/α-hetero) is 1. The fourth-order valence-corrected chi connectivity index (χ4v) is 4.74. The van der Waals surface area contributed by atoms with E-state index in [2.05, 4.69) is 4.98 Å². The van der Waals surface area contributed by atoms with Gasteiger partial charge in [0, 0.05) is 17.5 Å². The molecule has 142 valence electrons. The minimum absolute atomic E-state index is 0.0480. The molecular weight excluding hydrogens is 387 g/mol. The number of benzene rings is 1. The van der Waals surface area contributed by atoms with Crippen LogP contribution in [0.2, 0.25) is 0 Å². The summed E-state index contributed by atoms with van der Waals surface area (Å²) in [7, 11) is 0. The summed E-state index contributed by atoms with van der Waals surface area (Å²) in [6.07, 6.45) is -3.17. The third-order valence-electron chi connectivity index (χ3n) is 4.86. The van der Waals surface area contributed by atoms with Gasteiger partial charge in [0.2, 0.25) is 0 Å². The number of hydrogen-bond acceptors (Lipinski definition) is 5. The van der Waals surface area contributed by atoms with Gasteiger partial charge in [0.25, 0.3) is 0 Å². The SMILES string of the molecule is N#Cc1cccc(CC(=O)c2sc3nc4c(c(C(F)(F)F)c3c2N)CCC4)c1. The molecule has 1 aromatic carbocycles. The zero-order valence-corrected chi connectivity index (χ0v) is 15.4. The number of thiophene rings is 1. The molecule has 0 aliphatic heterocycles. The number of aromatic nitrogens is 1. The summed E-state index contributed by atoms with van der Waals surface area (Å²) in [5.41, 5.74) is 6.79. The fraction of sp³-hybridized carbons (Fsp3) is 0.250. The van der Waals surface area contributed by atoms with Crippen molar-refractivity contribution in [3.8, 4) is 6.07 Å². The van der Waals surface area contributed by atoms with Gasteiger partial charge in [-0.1, -0.05) is 12.1 Å². The van der Waals surface area contributed by atoms with Crippen molar-refractivity contribution in [2.45, 2.75) is 31.9 Å². The minimum atomic E-state index is -4.56. The van der Waals surface area contributed by atoms with Gasteiger partial charge >= 0.3 is 6.18 Å². The summed E-state index contributed by atoms with van der Waals surface area (Å²) in [5.74, 6) is -0.385. The van der Waals surface area contributed by atoms with Crippen LogP contribution in [0.15, 0.2) is 24.3 Å². The highest BCUT2D eigenvalue weighted by molar-refractivity contribution is 7.21. The normalized spacial score (nSPS) is 13.5. The molecule has 8 heteroatoms. The van der Waals surface area contributed by atoms with Gasteiger partial charge < -0.3 is 5.73 Å². The van der Waals surface area contributed by atoms with E-state index in [0.717, 1.165) is 11.3 Å². The van der Waals surface area contributed by atoms with E-state index in [1.165, 1.54) is 0 Å². The maximum Gasteiger partial charge on any atom is 0.417 e. The van der Waals surface area contributed by atoms with Crippen LogP contribution in [-0.2, 0) is 25.4 Å². The third-order valence-corrected chi connectivity index (χ3v) is 6.00. The Bertz CT molecular complexity index is 1160. The first kappa shape index (κ1) is 18.4. The molecule has 0 saturated carbocycles. The molecular formula is C20H14F3N3OS. The monoisotopic (exact) mass is 401 g/mol. The molecule has 0 radical (unpaired) electrons. The highest BCUT2D eigenvalue weighted by Gasteiger charge is 2.40. The van der Waals surface area contributed by atoms with Gasteiger partial charge in [-0.25, -0.2) is 4.98 Å². The molecule has 1 aliphatic carbocycles. The van der Waals surface area contributed by atoms with Crippen LogP contribution in [0.5, 0.6) is 0 Å². The van der Waals surface area contributed by atoms with E-state index in [-0.39, 0.29) is 38.5 Å². The molecule has 0 atom stereocenters. The standard InChI is InChI=1S/C20H14F3N3OS/c21-20(22,23)16-12-5-2-6-13(12)26-19-15(16)17(25)18(28-19)14(27)8-10-3-1-4-11(7-10)9-24/h1,3-4,7H,2,5-6,8,25H2. The molecule has 0 bridgehead atoms. The van der Waals surface area contributed by atoms with Crippen LogP contribution < -0.4 is 5.73 Å². The first-order valence-corrected chi connectivity index (χ1v) is 9.44. The molecule has 2 N–H and O–H groups in total. The number of hydrogen-bond donors (Lipinski definition) is 1. The first-order valence-electron chi connectivity index (χ1n) is 8.62. The van der Waals surface area contributed by atoms with Crippen LogP contribution in [0.1, 0.15) is 44.0 Å². The maximum absolute atomic E-state index is 13.8. The second-order valence-electron chi connectivity index (χ2n) is 6.70. The Morgan fingerprint density at radius 3 is 2.82 bits per heavy atom. The van der Waals surface area contributed by atoms with E-state index in [9.17, 15) is 18.0 Å². The average molecular weight is 401 g/mol. The highest BCUT2D eigenvalue weighted by atomic mass is 32.1. The number of pyridine rings is 1. The summed E-state index contributed by atoms with van der Waals surface area (Å²) < 4.78 is 41.4. The molecule has 0 unspecified atom stereocenters. The zero-order chi connectivity index (χ0) is 20.1. The molecule has 3 aromatic rings. The molecule has 4 nitrogen and oxygen atoms in total. The van der Waals surface area contributed by atoms with Crippen LogP contribution in [0.25, 0.3) is 10.2 Å². The Balaban J connectivity index is 1.82. The molecule has 28 heavy (non-hydrogen) atoms. The smallest absolute Gasteiger partial charge is 0.397 e. The van der Waals surface area contributed by atoms with Gasteiger partial charge in [-0.15, -0.1) is 11.3 Å². The van der Waals surface area contributed by atoms with Crippen molar-refractivity contribution >= 4 is 33.0 Å². The number of carbonyl (C=O) groups excluding carboxylic acids is 1. The lowest BCUT2D eigenvalue weighted by Crippen LogP contribution is -2.12. The summed E-state index contributed by atoms with van der Waals surface area (Å²) in [5, 5.41) is 8.81. The Morgan fingerprint density at radius 2 is 2.11 bits per heavy atom. The molecule has 0 spiro atoms. The van der Waals surface area contributed by atoms with E-state index in [1.54, 1.807) is 24.3 Å². The predicted molar refractivity (Wildman–Crippen MR) is 100 cm³/mol. The Kier molecular flexibility index (Phi) is 4.35. The van der Waals surface area contributed by atoms with Gasteiger partial charge in [-0.3, -0.25) is 4.79 Å². The molecule has 2 heterocycles.